The Morgan fingerprint density at radius 3 is 2.52 bits per heavy atom. The first-order valence-electron chi connectivity index (χ1n) is 7.09. The van der Waals surface area contributed by atoms with E-state index in [1.165, 1.54) is 0 Å². The maximum absolute atomic E-state index is 12.1. The summed E-state index contributed by atoms with van der Waals surface area (Å²) in [5.41, 5.74) is -1.79. The lowest BCUT2D eigenvalue weighted by atomic mass is 10.2. The molecule has 1 aromatic carbocycles. The van der Waals surface area contributed by atoms with Gasteiger partial charge in [0.15, 0.2) is 11.2 Å². The molecule has 0 aliphatic rings. The Labute approximate surface area is 129 Å². The highest BCUT2D eigenvalue weighted by atomic mass is 16.5. The van der Waals surface area contributed by atoms with Gasteiger partial charge < -0.3 is 19.7 Å². The van der Waals surface area contributed by atoms with E-state index in [1.54, 1.807) is 18.2 Å². The van der Waals surface area contributed by atoms with Crippen molar-refractivity contribution < 1.29 is 4.74 Å². The van der Waals surface area contributed by atoms with Crippen LogP contribution in [0.4, 0.5) is 0 Å². The van der Waals surface area contributed by atoms with E-state index in [4.69, 9.17) is 4.74 Å². The van der Waals surface area contributed by atoms with Gasteiger partial charge in [0.25, 0.3) is 5.56 Å². The van der Waals surface area contributed by atoms with E-state index in [1.807, 2.05) is 13.0 Å². The summed E-state index contributed by atoms with van der Waals surface area (Å²) in [5, 5.41) is 0. The predicted molar refractivity (Wildman–Crippen MR) is 84.8 cm³/mol. The van der Waals surface area contributed by atoms with Crippen molar-refractivity contribution in [2.75, 3.05) is 6.61 Å². The zero-order valence-electron chi connectivity index (χ0n) is 12.3. The fourth-order valence-electron chi connectivity index (χ4n) is 2.14. The molecule has 2 heterocycles. The van der Waals surface area contributed by atoms with Gasteiger partial charge in [0, 0.05) is 0 Å². The van der Waals surface area contributed by atoms with E-state index in [0.29, 0.717) is 17.9 Å². The molecule has 2 aromatic heterocycles. The monoisotopic (exact) mass is 314 g/mol. The van der Waals surface area contributed by atoms with Gasteiger partial charge in [-0.25, -0.2) is 4.98 Å². The van der Waals surface area contributed by atoms with Crippen LogP contribution in [0.25, 0.3) is 22.6 Å². The molecule has 0 saturated heterocycles. The van der Waals surface area contributed by atoms with Crippen LogP contribution in [0.5, 0.6) is 5.75 Å². The van der Waals surface area contributed by atoms with Crippen molar-refractivity contribution in [3.63, 3.8) is 0 Å². The van der Waals surface area contributed by atoms with Gasteiger partial charge in [-0.3, -0.25) is 14.4 Å². The molecule has 0 radical (unpaired) electrons. The van der Waals surface area contributed by atoms with Crippen LogP contribution >= 0.6 is 0 Å². The standard InChI is InChI=1S/C15H14N4O4/c1-2-7-23-9-6-4-3-5-8(9)11-17-12-10(13(20)18-11)16-14(21)15(22)19-12/h3-6H,2,7H2,1H3,(H,16,21)(H2,17,18,19,20,22). The topological polar surface area (TPSA) is 121 Å². The van der Waals surface area contributed by atoms with Gasteiger partial charge in [-0.15, -0.1) is 0 Å². The van der Waals surface area contributed by atoms with E-state index in [2.05, 4.69) is 19.9 Å². The van der Waals surface area contributed by atoms with Crippen molar-refractivity contribution in [3.8, 4) is 17.1 Å². The first-order chi connectivity index (χ1) is 11.1. The molecule has 0 bridgehead atoms. The number of nitrogens with zero attached hydrogens (tertiary/aromatic N) is 1. The number of rotatable bonds is 4. The Bertz CT molecular complexity index is 1030. The second kappa shape index (κ2) is 5.91. The van der Waals surface area contributed by atoms with Crippen molar-refractivity contribution in [2.24, 2.45) is 0 Å². The van der Waals surface area contributed by atoms with Gasteiger partial charge in [0.1, 0.15) is 11.6 Å². The molecule has 0 atom stereocenters. The van der Waals surface area contributed by atoms with Crippen molar-refractivity contribution in [1.82, 2.24) is 19.9 Å². The molecule has 0 aliphatic carbocycles. The average Bonchev–Trinajstić information content (AvgIpc) is 2.55. The van der Waals surface area contributed by atoms with Crippen LogP contribution in [0.2, 0.25) is 0 Å². The molecular formula is C15H14N4O4. The summed E-state index contributed by atoms with van der Waals surface area (Å²) < 4.78 is 5.64. The smallest absolute Gasteiger partial charge is 0.315 e. The quantitative estimate of drug-likeness (QED) is 0.614. The van der Waals surface area contributed by atoms with Crippen molar-refractivity contribution in [2.45, 2.75) is 13.3 Å². The summed E-state index contributed by atoms with van der Waals surface area (Å²) in [5.74, 6) is 0.820. The first-order valence-corrected chi connectivity index (χ1v) is 7.09. The molecule has 8 heteroatoms. The van der Waals surface area contributed by atoms with Gasteiger partial charge in [-0.2, -0.15) is 0 Å². The zero-order valence-corrected chi connectivity index (χ0v) is 12.3. The minimum atomic E-state index is -0.899. The average molecular weight is 314 g/mol. The summed E-state index contributed by atoms with van der Waals surface area (Å²) in [6, 6.07) is 7.12. The largest absolute Gasteiger partial charge is 0.493 e. The Morgan fingerprint density at radius 1 is 1.00 bits per heavy atom. The van der Waals surface area contributed by atoms with Crippen LogP contribution in [0.3, 0.4) is 0 Å². The van der Waals surface area contributed by atoms with Gasteiger partial charge in [0.05, 0.1) is 12.2 Å². The van der Waals surface area contributed by atoms with Gasteiger partial charge in [-0.1, -0.05) is 19.1 Å². The van der Waals surface area contributed by atoms with E-state index < -0.39 is 16.7 Å². The van der Waals surface area contributed by atoms with Crippen LogP contribution in [-0.4, -0.2) is 26.5 Å². The fourth-order valence-corrected chi connectivity index (χ4v) is 2.14. The molecule has 0 fully saturated rings. The Morgan fingerprint density at radius 2 is 1.74 bits per heavy atom. The Balaban J connectivity index is 2.22. The van der Waals surface area contributed by atoms with Crippen molar-refractivity contribution in [1.29, 1.82) is 0 Å². The lowest BCUT2D eigenvalue weighted by molar-refractivity contribution is 0.318. The number of para-hydroxylation sites is 1. The van der Waals surface area contributed by atoms with Crippen LogP contribution in [0.1, 0.15) is 13.3 Å². The summed E-state index contributed by atoms with van der Waals surface area (Å²) in [4.78, 5) is 46.2. The Kier molecular flexibility index (Phi) is 3.80. The van der Waals surface area contributed by atoms with E-state index in [9.17, 15) is 14.4 Å². The van der Waals surface area contributed by atoms with Crippen LogP contribution in [0.15, 0.2) is 38.6 Å². The number of H-pyrrole nitrogens is 3. The van der Waals surface area contributed by atoms with E-state index >= 15 is 0 Å². The summed E-state index contributed by atoms with van der Waals surface area (Å²) in [7, 11) is 0. The number of aromatic nitrogens is 4. The number of aromatic amines is 3. The lowest BCUT2D eigenvalue weighted by Gasteiger charge is -2.10. The van der Waals surface area contributed by atoms with Crippen LogP contribution in [0, 0.1) is 0 Å². The highest BCUT2D eigenvalue weighted by Gasteiger charge is 2.12. The molecule has 3 N–H and O–H groups in total. The molecule has 0 unspecified atom stereocenters. The number of benzene rings is 1. The van der Waals surface area contributed by atoms with Gasteiger partial charge in [-0.05, 0) is 18.6 Å². The highest BCUT2D eigenvalue weighted by molar-refractivity contribution is 5.73. The first kappa shape index (κ1) is 14.8. The molecule has 23 heavy (non-hydrogen) atoms. The minimum Gasteiger partial charge on any atom is -0.493 e. The van der Waals surface area contributed by atoms with E-state index in [0.717, 1.165) is 6.42 Å². The molecule has 0 amide bonds. The zero-order chi connectivity index (χ0) is 16.4. The van der Waals surface area contributed by atoms with Gasteiger partial charge in [0.2, 0.25) is 0 Å². The summed E-state index contributed by atoms with van der Waals surface area (Å²) in [6.45, 7) is 2.51. The molecule has 8 nitrogen and oxygen atoms in total. The Hall–Kier alpha value is -3.16. The second-order valence-electron chi connectivity index (χ2n) is 4.89. The van der Waals surface area contributed by atoms with Gasteiger partial charge >= 0.3 is 11.1 Å². The van der Waals surface area contributed by atoms with Crippen LogP contribution in [-0.2, 0) is 0 Å². The third-order valence-electron chi connectivity index (χ3n) is 3.20. The molecular weight excluding hydrogens is 300 g/mol. The molecule has 3 rings (SSSR count). The number of ether oxygens (including phenoxy) is 1. The second-order valence-corrected chi connectivity index (χ2v) is 4.89. The molecule has 0 spiro atoms. The van der Waals surface area contributed by atoms with Crippen molar-refractivity contribution >= 4 is 11.2 Å². The highest BCUT2D eigenvalue weighted by Crippen LogP contribution is 2.26. The lowest BCUT2D eigenvalue weighted by Crippen LogP contribution is -2.31. The van der Waals surface area contributed by atoms with E-state index in [-0.39, 0.29) is 17.0 Å². The molecule has 118 valence electrons. The minimum absolute atomic E-state index is 0.0126. The molecule has 3 aromatic rings. The normalized spacial score (nSPS) is 10.8. The predicted octanol–water partition coefficient (Wildman–Crippen LogP) is 0.756. The number of fused-ring (bicyclic) bond motifs is 1. The molecule has 0 saturated carbocycles. The SMILES string of the molecule is CCCOc1ccccc1-c1nc2[nH]c(=O)c(=O)[nH]c2c(=O)[nH]1. The number of hydrogen-bond donors (Lipinski definition) is 3. The maximum Gasteiger partial charge on any atom is 0.315 e. The van der Waals surface area contributed by atoms with Crippen LogP contribution < -0.4 is 21.4 Å². The maximum atomic E-state index is 12.1. The fraction of sp³-hybridized carbons (Fsp3) is 0.200. The molecule has 0 aliphatic heterocycles. The third kappa shape index (κ3) is 2.78. The summed E-state index contributed by atoms with van der Waals surface area (Å²) in [6.07, 6.45) is 0.838. The number of nitrogens with one attached hydrogen (secondary N) is 3. The third-order valence-corrected chi connectivity index (χ3v) is 3.20. The number of hydrogen-bond acceptors (Lipinski definition) is 5. The summed E-state index contributed by atoms with van der Waals surface area (Å²) >= 11 is 0. The van der Waals surface area contributed by atoms with Crippen molar-refractivity contribution in [3.05, 3.63) is 55.3 Å².